The molecular formula is C29H62O5Sn2. The van der Waals surface area contributed by atoms with Crippen LogP contribution in [0.25, 0.3) is 0 Å². The van der Waals surface area contributed by atoms with Gasteiger partial charge in [0, 0.05) is 0 Å². The molecule has 3 atom stereocenters. The second-order valence-electron chi connectivity index (χ2n) is 10.9. The van der Waals surface area contributed by atoms with E-state index in [1.807, 2.05) is 0 Å². The van der Waals surface area contributed by atoms with Crippen LogP contribution >= 0.6 is 0 Å². The summed E-state index contributed by atoms with van der Waals surface area (Å²) in [4.78, 5) is 11.7. The summed E-state index contributed by atoms with van der Waals surface area (Å²) in [7, 11) is 0. The summed E-state index contributed by atoms with van der Waals surface area (Å²) in [5, 5.41) is 9.61. The average molecular weight is 728 g/mol. The normalized spacial score (nSPS) is 14.8. The third kappa shape index (κ3) is 14.3. The van der Waals surface area contributed by atoms with Gasteiger partial charge >= 0.3 is 238 Å². The maximum absolute atomic E-state index is 11.7. The second kappa shape index (κ2) is 22.6. The van der Waals surface area contributed by atoms with Crippen LogP contribution in [0.2, 0.25) is 21.7 Å². The Balaban J connectivity index is 6.24. The Hall–Kier alpha value is 0.787. The molecule has 0 rings (SSSR count). The predicted molar refractivity (Wildman–Crippen MR) is 159 cm³/mol. The number of carbonyl (C=O) groups is 1. The third-order valence-electron chi connectivity index (χ3n) is 8.23. The summed E-state index contributed by atoms with van der Waals surface area (Å²) in [6.07, 6.45) is 11.0. The first-order chi connectivity index (χ1) is 17.3. The summed E-state index contributed by atoms with van der Waals surface area (Å²) in [6.45, 7) is 18.7. The van der Waals surface area contributed by atoms with Crippen LogP contribution in [-0.4, -0.2) is 63.1 Å². The van der Waals surface area contributed by atoms with Gasteiger partial charge in [-0.05, 0) is 0 Å². The first kappa shape index (κ1) is 36.8. The Morgan fingerprint density at radius 1 is 0.806 bits per heavy atom. The van der Waals surface area contributed by atoms with E-state index in [9.17, 15) is 9.90 Å². The van der Waals surface area contributed by atoms with Gasteiger partial charge < -0.3 is 0 Å². The number of hydrogen-bond donors (Lipinski definition) is 1. The Morgan fingerprint density at radius 3 is 1.69 bits per heavy atom. The number of hydrogen-bond acceptors (Lipinski definition) is 4. The van der Waals surface area contributed by atoms with Crippen LogP contribution in [0.3, 0.4) is 0 Å². The molecule has 0 radical (unpaired) electrons. The Labute approximate surface area is 236 Å². The second-order valence-corrected chi connectivity index (χ2v) is 34.5. The van der Waals surface area contributed by atoms with Gasteiger partial charge in [-0.15, -0.1) is 0 Å². The van der Waals surface area contributed by atoms with Gasteiger partial charge in [0.1, 0.15) is 0 Å². The van der Waals surface area contributed by atoms with E-state index in [2.05, 4.69) is 55.4 Å². The minimum atomic E-state index is -3.12. The SMILES string of the molecule is CCC[CH2][SnH]([CH2]CCC)[O][Sn]([CH2]CCC)([CH2]CCC)[CH](C)C(CC)C(OCC(CC)CC)OC(=O)O. The van der Waals surface area contributed by atoms with Gasteiger partial charge in [-0.3, -0.25) is 0 Å². The molecule has 0 spiro atoms. The fraction of sp³-hybridized carbons (Fsp3) is 0.966. The molecule has 0 saturated heterocycles. The van der Waals surface area contributed by atoms with Crippen LogP contribution in [0, 0.1) is 11.8 Å². The number of carboxylic acid groups (broad SMARTS) is 1. The molecule has 0 aromatic heterocycles. The van der Waals surface area contributed by atoms with Crippen molar-refractivity contribution in [1.82, 2.24) is 0 Å². The van der Waals surface area contributed by atoms with Crippen LogP contribution < -0.4 is 0 Å². The molecule has 0 bridgehead atoms. The van der Waals surface area contributed by atoms with E-state index >= 15 is 0 Å². The van der Waals surface area contributed by atoms with E-state index in [4.69, 9.17) is 10.9 Å². The molecule has 0 aromatic carbocycles. The average Bonchev–Trinajstić information content (AvgIpc) is 2.87. The van der Waals surface area contributed by atoms with Crippen molar-refractivity contribution in [3.63, 3.8) is 0 Å². The zero-order valence-corrected chi connectivity index (χ0v) is 31.4. The molecule has 1 N–H and O–H groups in total. The van der Waals surface area contributed by atoms with Gasteiger partial charge in [0.25, 0.3) is 0 Å². The quantitative estimate of drug-likeness (QED) is 0.0610. The topological polar surface area (TPSA) is 65.0 Å². The van der Waals surface area contributed by atoms with Crippen molar-refractivity contribution in [3.05, 3.63) is 0 Å². The minimum absolute atomic E-state index is 0.0734. The van der Waals surface area contributed by atoms with E-state index in [0.717, 1.165) is 19.3 Å². The van der Waals surface area contributed by atoms with Gasteiger partial charge in [0.05, 0.1) is 0 Å². The van der Waals surface area contributed by atoms with Crippen molar-refractivity contribution in [1.29, 1.82) is 0 Å². The molecule has 7 heteroatoms. The van der Waals surface area contributed by atoms with Crippen LogP contribution in [0.15, 0.2) is 0 Å². The Morgan fingerprint density at radius 2 is 1.31 bits per heavy atom. The molecule has 36 heavy (non-hydrogen) atoms. The van der Waals surface area contributed by atoms with Gasteiger partial charge in [-0.25, -0.2) is 0 Å². The standard InChI is InChI=1S/C13H25O4.4C4H9.O.2Sn.H/c1-5-10(6-2)9-16-12(17-13(14)15)11(7-3)8-4;4*1-3-4-2;;;;/h7,10-12H,5-6,8-9H2,1-4H3,(H,14,15);4*1,3-4H2,2H3;;;;. The molecule has 0 aliphatic carbocycles. The molecule has 0 heterocycles. The molecular weight excluding hydrogens is 666 g/mol. The van der Waals surface area contributed by atoms with Crippen molar-refractivity contribution in [2.24, 2.45) is 11.8 Å². The monoisotopic (exact) mass is 730 g/mol. The van der Waals surface area contributed by atoms with E-state index in [0.29, 0.717) is 16.5 Å². The summed E-state index contributed by atoms with van der Waals surface area (Å²) in [5.41, 5.74) is 0. The van der Waals surface area contributed by atoms with Crippen LogP contribution in [-0.2, 0) is 10.9 Å². The van der Waals surface area contributed by atoms with Gasteiger partial charge in [0.2, 0.25) is 0 Å². The Kier molecular flexibility index (Phi) is 23.1. The van der Waals surface area contributed by atoms with Crippen molar-refractivity contribution in [2.75, 3.05) is 6.61 Å². The van der Waals surface area contributed by atoms with Crippen molar-refractivity contribution < 1.29 is 20.8 Å². The molecule has 0 fully saturated rings. The van der Waals surface area contributed by atoms with Crippen LogP contribution in [0.4, 0.5) is 4.79 Å². The summed E-state index contributed by atoms with van der Waals surface area (Å²) >= 11 is -5.26. The zero-order chi connectivity index (χ0) is 27.4. The molecule has 0 saturated carbocycles. The van der Waals surface area contributed by atoms with Gasteiger partial charge in [-0.1, -0.05) is 0 Å². The summed E-state index contributed by atoms with van der Waals surface area (Å²) < 4.78 is 25.1. The van der Waals surface area contributed by atoms with Crippen LogP contribution in [0.5, 0.6) is 0 Å². The van der Waals surface area contributed by atoms with Crippen LogP contribution in [0.1, 0.15) is 126 Å². The summed E-state index contributed by atoms with van der Waals surface area (Å²) in [5.74, 6) is 0.510. The molecule has 0 aliphatic rings. The van der Waals surface area contributed by atoms with E-state index in [1.54, 1.807) is 0 Å². The predicted octanol–water partition coefficient (Wildman–Crippen LogP) is 9.76. The molecule has 3 unspecified atom stereocenters. The number of ether oxygens (including phenoxy) is 2. The van der Waals surface area contributed by atoms with Crippen molar-refractivity contribution >= 4 is 45.1 Å². The first-order valence-corrected chi connectivity index (χ1v) is 28.3. The molecule has 0 aromatic rings. The molecule has 0 amide bonds. The van der Waals surface area contributed by atoms with E-state index in [1.165, 1.54) is 69.1 Å². The van der Waals surface area contributed by atoms with Gasteiger partial charge in [0.15, 0.2) is 0 Å². The fourth-order valence-electron chi connectivity index (χ4n) is 5.49. The number of unbranched alkanes of at least 4 members (excludes halogenated alkanes) is 4. The fourth-order valence-corrected chi connectivity index (χ4v) is 53.0. The Bertz CT molecular complexity index is 514. The van der Waals surface area contributed by atoms with E-state index < -0.39 is 51.4 Å². The van der Waals surface area contributed by atoms with Gasteiger partial charge in [-0.2, -0.15) is 0 Å². The molecule has 5 nitrogen and oxygen atoms in total. The maximum atomic E-state index is 11.7. The van der Waals surface area contributed by atoms with Crippen molar-refractivity contribution in [3.8, 4) is 0 Å². The summed E-state index contributed by atoms with van der Waals surface area (Å²) in [6, 6.07) is 0. The first-order valence-electron chi connectivity index (χ1n) is 15.5. The third-order valence-corrected chi connectivity index (χ3v) is 44.7. The van der Waals surface area contributed by atoms with E-state index in [-0.39, 0.29) is 5.92 Å². The molecule has 216 valence electrons. The zero-order valence-electron chi connectivity index (χ0n) is 25.3. The number of rotatable bonds is 24. The molecule has 0 aliphatic heterocycles. The van der Waals surface area contributed by atoms with Crippen molar-refractivity contribution in [2.45, 2.75) is 154 Å².